The minimum Gasteiger partial charge on any atom is -0.295 e. The predicted molar refractivity (Wildman–Crippen MR) is 56.1 cm³/mol. The van der Waals surface area contributed by atoms with Crippen LogP contribution >= 0.6 is 11.6 Å². The van der Waals surface area contributed by atoms with Gasteiger partial charge in [0.05, 0.1) is 0 Å². The molecule has 0 aromatic heterocycles. The van der Waals surface area contributed by atoms with Gasteiger partial charge in [0.15, 0.2) is 5.78 Å². The quantitative estimate of drug-likeness (QED) is 0.475. The maximum absolute atomic E-state index is 11.2. The predicted octanol–water partition coefficient (Wildman–Crippen LogP) is 3.32. The molecule has 74 valence electrons. The number of rotatable bonds is 6. The molecule has 2 heteroatoms. The van der Waals surface area contributed by atoms with Crippen molar-refractivity contribution in [2.45, 2.75) is 38.5 Å². The highest BCUT2D eigenvalue weighted by molar-refractivity contribution is 6.17. The number of hydrogen-bond acceptors (Lipinski definition) is 1. The molecule has 0 amide bonds. The van der Waals surface area contributed by atoms with Crippen LogP contribution < -0.4 is 0 Å². The van der Waals surface area contributed by atoms with Gasteiger partial charge in [-0.2, -0.15) is 0 Å². The first kappa shape index (κ1) is 10.8. The number of alkyl halides is 1. The summed E-state index contributed by atoms with van der Waals surface area (Å²) >= 11 is 5.57. The van der Waals surface area contributed by atoms with E-state index in [1.807, 2.05) is 6.08 Å². The molecule has 0 heterocycles. The second-order valence-corrected chi connectivity index (χ2v) is 4.01. The summed E-state index contributed by atoms with van der Waals surface area (Å²) in [5.74, 6) is 1.40. The zero-order chi connectivity index (χ0) is 9.52. The van der Waals surface area contributed by atoms with E-state index in [4.69, 9.17) is 11.6 Å². The van der Waals surface area contributed by atoms with Crippen molar-refractivity contribution in [3.8, 4) is 0 Å². The van der Waals surface area contributed by atoms with Gasteiger partial charge in [0.2, 0.25) is 0 Å². The first-order chi connectivity index (χ1) is 6.34. The van der Waals surface area contributed by atoms with Crippen LogP contribution in [0.15, 0.2) is 12.2 Å². The van der Waals surface area contributed by atoms with Crippen LogP contribution in [0.25, 0.3) is 0 Å². The monoisotopic (exact) mass is 200 g/mol. The van der Waals surface area contributed by atoms with Crippen LogP contribution in [-0.4, -0.2) is 11.7 Å². The minimum atomic E-state index is 0.302. The molecule has 0 bridgehead atoms. The summed E-state index contributed by atoms with van der Waals surface area (Å²) in [4.78, 5) is 11.2. The van der Waals surface area contributed by atoms with E-state index in [1.165, 1.54) is 19.3 Å². The molecule has 13 heavy (non-hydrogen) atoms. The Hall–Kier alpha value is -0.300. The van der Waals surface area contributed by atoms with E-state index in [0.717, 1.165) is 25.1 Å². The van der Waals surface area contributed by atoms with Gasteiger partial charge < -0.3 is 0 Å². The fourth-order valence-electron chi connectivity index (χ4n) is 1.70. The molecule has 1 aliphatic carbocycles. The van der Waals surface area contributed by atoms with E-state index < -0.39 is 0 Å². The van der Waals surface area contributed by atoms with Gasteiger partial charge in [0, 0.05) is 11.8 Å². The number of halogens is 1. The van der Waals surface area contributed by atoms with Gasteiger partial charge >= 0.3 is 0 Å². The van der Waals surface area contributed by atoms with E-state index in [9.17, 15) is 4.79 Å². The first-order valence-electron chi connectivity index (χ1n) is 5.11. The lowest BCUT2D eigenvalue weighted by molar-refractivity contribution is -0.117. The summed E-state index contributed by atoms with van der Waals surface area (Å²) in [6.07, 6.45) is 10.5. The van der Waals surface area contributed by atoms with E-state index in [2.05, 4.69) is 0 Å². The van der Waals surface area contributed by atoms with Crippen molar-refractivity contribution in [1.82, 2.24) is 0 Å². The molecule has 0 fully saturated rings. The van der Waals surface area contributed by atoms with Crippen molar-refractivity contribution in [1.29, 1.82) is 0 Å². The standard InChI is InChI=1S/C11H17ClO/c12-9-4-2-1-3-6-10-7-5-8-11(10)13/h5,8,10H,1-4,6-7,9H2. The average molecular weight is 201 g/mol. The Morgan fingerprint density at radius 2 is 2.08 bits per heavy atom. The van der Waals surface area contributed by atoms with Gasteiger partial charge in [-0.15, -0.1) is 11.6 Å². The van der Waals surface area contributed by atoms with Crippen molar-refractivity contribution in [3.63, 3.8) is 0 Å². The molecule has 1 nitrogen and oxygen atoms in total. The first-order valence-corrected chi connectivity index (χ1v) is 5.64. The molecular weight excluding hydrogens is 184 g/mol. The number of unbranched alkanes of at least 4 members (excludes halogenated alkanes) is 3. The van der Waals surface area contributed by atoms with Crippen LogP contribution in [0.4, 0.5) is 0 Å². The third-order valence-corrected chi connectivity index (χ3v) is 2.81. The Labute approximate surface area is 85.2 Å². The summed E-state index contributed by atoms with van der Waals surface area (Å²) in [7, 11) is 0. The molecule has 1 rings (SSSR count). The van der Waals surface area contributed by atoms with Crippen LogP contribution in [0.5, 0.6) is 0 Å². The van der Waals surface area contributed by atoms with Crippen LogP contribution in [0.2, 0.25) is 0 Å². The summed E-state index contributed by atoms with van der Waals surface area (Å²) in [5, 5.41) is 0. The number of allylic oxidation sites excluding steroid dienone is 2. The molecular formula is C11H17ClO. The summed E-state index contributed by atoms with van der Waals surface area (Å²) in [5.41, 5.74) is 0. The maximum atomic E-state index is 11.2. The van der Waals surface area contributed by atoms with E-state index in [-0.39, 0.29) is 0 Å². The normalized spacial score (nSPS) is 21.3. The maximum Gasteiger partial charge on any atom is 0.158 e. The number of ketones is 1. The Morgan fingerprint density at radius 1 is 1.31 bits per heavy atom. The summed E-state index contributed by atoms with van der Waals surface area (Å²) < 4.78 is 0. The largest absolute Gasteiger partial charge is 0.295 e. The molecule has 0 saturated heterocycles. The SMILES string of the molecule is O=C1C=CCC1CCCCCCCl. The number of carbonyl (C=O) groups excluding carboxylic acids is 1. The second kappa shape index (κ2) is 6.20. The molecule has 0 aliphatic heterocycles. The lowest BCUT2D eigenvalue weighted by atomic mass is 9.98. The average Bonchev–Trinajstić information content (AvgIpc) is 2.52. The smallest absolute Gasteiger partial charge is 0.158 e. The van der Waals surface area contributed by atoms with Gasteiger partial charge in [-0.1, -0.05) is 25.3 Å². The van der Waals surface area contributed by atoms with Crippen molar-refractivity contribution in [2.24, 2.45) is 5.92 Å². The second-order valence-electron chi connectivity index (χ2n) is 3.63. The van der Waals surface area contributed by atoms with Gasteiger partial charge in [-0.25, -0.2) is 0 Å². The van der Waals surface area contributed by atoms with Crippen LogP contribution in [-0.2, 0) is 4.79 Å². The molecule has 1 atom stereocenters. The summed E-state index contributed by atoms with van der Waals surface area (Å²) in [6.45, 7) is 0. The van der Waals surface area contributed by atoms with Crippen LogP contribution in [0.1, 0.15) is 38.5 Å². The molecule has 0 N–H and O–H groups in total. The molecule has 1 unspecified atom stereocenters. The third kappa shape index (κ3) is 3.95. The lowest BCUT2D eigenvalue weighted by Gasteiger charge is -2.06. The third-order valence-electron chi connectivity index (χ3n) is 2.54. The van der Waals surface area contributed by atoms with Gasteiger partial charge in [-0.05, 0) is 25.3 Å². The van der Waals surface area contributed by atoms with Crippen molar-refractivity contribution in [2.75, 3.05) is 5.88 Å². The Bertz CT molecular complexity index is 187. The Kier molecular flexibility index (Phi) is 5.14. The van der Waals surface area contributed by atoms with E-state index >= 15 is 0 Å². The zero-order valence-electron chi connectivity index (χ0n) is 7.97. The fourth-order valence-corrected chi connectivity index (χ4v) is 1.89. The Balaban J connectivity index is 1.97. The molecule has 0 spiro atoms. The van der Waals surface area contributed by atoms with E-state index in [0.29, 0.717) is 11.7 Å². The highest BCUT2D eigenvalue weighted by atomic mass is 35.5. The van der Waals surface area contributed by atoms with E-state index in [1.54, 1.807) is 6.08 Å². The van der Waals surface area contributed by atoms with Gasteiger partial charge in [0.25, 0.3) is 0 Å². The van der Waals surface area contributed by atoms with Crippen molar-refractivity contribution < 1.29 is 4.79 Å². The molecule has 0 aromatic carbocycles. The highest BCUT2D eigenvalue weighted by Gasteiger charge is 2.18. The fraction of sp³-hybridized carbons (Fsp3) is 0.727. The van der Waals surface area contributed by atoms with Crippen LogP contribution in [0, 0.1) is 5.92 Å². The summed E-state index contributed by atoms with van der Waals surface area (Å²) in [6, 6.07) is 0. The number of carbonyl (C=O) groups is 1. The number of hydrogen-bond donors (Lipinski definition) is 0. The minimum absolute atomic E-state index is 0.302. The topological polar surface area (TPSA) is 17.1 Å². The van der Waals surface area contributed by atoms with Gasteiger partial charge in [0.1, 0.15) is 0 Å². The molecule has 0 radical (unpaired) electrons. The molecule has 0 saturated carbocycles. The van der Waals surface area contributed by atoms with Crippen LogP contribution in [0.3, 0.4) is 0 Å². The lowest BCUT2D eigenvalue weighted by Crippen LogP contribution is -2.05. The Morgan fingerprint density at radius 3 is 2.69 bits per heavy atom. The van der Waals surface area contributed by atoms with Crippen molar-refractivity contribution in [3.05, 3.63) is 12.2 Å². The van der Waals surface area contributed by atoms with Crippen molar-refractivity contribution >= 4 is 17.4 Å². The molecule has 0 aromatic rings. The van der Waals surface area contributed by atoms with Gasteiger partial charge in [-0.3, -0.25) is 4.79 Å². The highest BCUT2D eigenvalue weighted by Crippen LogP contribution is 2.21. The zero-order valence-corrected chi connectivity index (χ0v) is 8.72. The molecule has 1 aliphatic rings.